The number of carbonyl (C=O) groups is 1. The standard InChI is InChI=1S/C23H46O4/c1-7-9-12-15-20(3)16-13-10-11-14-17-27-23(5,6)22(24)26-19-18-25-21(4)8-2/h20-21H,7-19H2,1-6H3. The Morgan fingerprint density at radius 1 is 0.852 bits per heavy atom. The van der Waals surface area contributed by atoms with Gasteiger partial charge in [0, 0.05) is 6.61 Å². The predicted molar refractivity (Wildman–Crippen MR) is 113 cm³/mol. The number of hydrogen-bond donors (Lipinski definition) is 0. The Morgan fingerprint density at radius 2 is 1.48 bits per heavy atom. The molecule has 0 aliphatic carbocycles. The van der Waals surface area contributed by atoms with E-state index in [1.807, 2.05) is 6.92 Å². The molecule has 4 heteroatoms. The molecule has 0 N–H and O–H groups in total. The van der Waals surface area contributed by atoms with E-state index in [2.05, 4.69) is 20.8 Å². The van der Waals surface area contributed by atoms with Gasteiger partial charge in [0.25, 0.3) is 0 Å². The summed E-state index contributed by atoms with van der Waals surface area (Å²) in [6.45, 7) is 13.6. The molecule has 0 heterocycles. The topological polar surface area (TPSA) is 44.8 Å². The van der Waals surface area contributed by atoms with Crippen molar-refractivity contribution in [3.05, 3.63) is 0 Å². The van der Waals surface area contributed by atoms with Crippen molar-refractivity contribution in [1.82, 2.24) is 0 Å². The van der Waals surface area contributed by atoms with E-state index in [1.54, 1.807) is 13.8 Å². The minimum atomic E-state index is -0.885. The fourth-order valence-corrected chi connectivity index (χ4v) is 2.90. The first-order chi connectivity index (χ1) is 12.8. The summed E-state index contributed by atoms with van der Waals surface area (Å²) in [6.07, 6.45) is 12.6. The van der Waals surface area contributed by atoms with Crippen LogP contribution in [0.4, 0.5) is 0 Å². The Morgan fingerprint density at radius 3 is 2.11 bits per heavy atom. The number of hydrogen-bond acceptors (Lipinski definition) is 4. The Hall–Kier alpha value is -0.610. The molecule has 4 nitrogen and oxygen atoms in total. The van der Waals surface area contributed by atoms with Gasteiger partial charge in [-0.25, -0.2) is 4.79 Å². The molecule has 0 aromatic carbocycles. The van der Waals surface area contributed by atoms with Crippen molar-refractivity contribution in [2.75, 3.05) is 19.8 Å². The van der Waals surface area contributed by atoms with Gasteiger partial charge < -0.3 is 14.2 Å². The van der Waals surface area contributed by atoms with E-state index >= 15 is 0 Å². The van der Waals surface area contributed by atoms with Crippen molar-refractivity contribution in [2.24, 2.45) is 5.92 Å². The predicted octanol–water partition coefficient (Wildman–Crippen LogP) is 6.31. The zero-order chi connectivity index (χ0) is 20.5. The van der Waals surface area contributed by atoms with Crippen molar-refractivity contribution >= 4 is 5.97 Å². The van der Waals surface area contributed by atoms with Crippen molar-refractivity contribution in [1.29, 1.82) is 0 Å². The maximum absolute atomic E-state index is 12.1. The average molecular weight is 387 g/mol. The van der Waals surface area contributed by atoms with E-state index in [-0.39, 0.29) is 18.7 Å². The highest BCUT2D eigenvalue weighted by molar-refractivity contribution is 5.78. The SMILES string of the molecule is CCCCCC(C)CCCCCCOC(C)(C)C(=O)OCCOC(C)CC. The van der Waals surface area contributed by atoms with Crippen molar-refractivity contribution < 1.29 is 19.0 Å². The fourth-order valence-electron chi connectivity index (χ4n) is 2.90. The third-order valence-electron chi connectivity index (χ3n) is 5.14. The van der Waals surface area contributed by atoms with Gasteiger partial charge in [-0.2, -0.15) is 0 Å². The lowest BCUT2D eigenvalue weighted by atomic mass is 9.97. The van der Waals surface area contributed by atoms with Gasteiger partial charge in [0.1, 0.15) is 6.61 Å². The maximum Gasteiger partial charge on any atom is 0.337 e. The molecule has 27 heavy (non-hydrogen) atoms. The summed E-state index contributed by atoms with van der Waals surface area (Å²) in [4.78, 5) is 12.1. The quantitative estimate of drug-likeness (QED) is 0.205. The second kappa shape index (κ2) is 16.4. The van der Waals surface area contributed by atoms with E-state index < -0.39 is 5.60 Å². The van der Waals surface area contributed by atoms with E-state index in [0.717, 1.165) is 25.2 Å². The first-order valence-electron chi connectivity index (χ1n) is 11.3. The highest BCUT2D eigenvalue weighted by atomic mass is 16.6. The highest BCUT2D eigenvalue weighted by Gasteiger charge is 2.30. The lowest BCUT2D eigenvalue weighted by molar-refractivity contribution is -0.170. The Kier molecular flexibility index (Phi) is 16.0. The largest absolute Gasteiger partial charge is 0.461 e. The van der Waals surface area contributed by atoms with E-state index in [9.17, 15) is 4.79 Å². The Labute approximate surface area is 168 Å². The van der Waals surface area contributed by atoms with Gasteiger partial charge in [0.15, 0.2) is 5.60 Å². The van der Waals surface area contributed by atoms with Gasteiger partial charge >= 0.3 is 5.97 Å². The molecule has 2 atom stereocenters. The van der Waals surface area contributed by atoms with Crippen molar-refractivity contribution in [3.8, 4) is 0 Å². The van der Waals surface area contributed by atoms with Crippen LogP contribution in [0.5, 0.6) is 0 Å². The van der Waals surface area contributed by atoms with Crippen LogP contribution >= 0.6 is 0 Å². The van der Waals surface area contributed by atoms with Crippen molar-refractivity contribution in [3.63, 3.8) is 0 Å². The summed E-state index contributed by atoms with van der Waals surface area (Å²) in [6, 6.07) is 0. The minimum absolute atomic E-state index is 0.201. The van der Waals surface area contributed by atoms with E-state index in [1.165, 1.54) is 44.9 Å². The first kappa shape index (κ1) is 26.4. The Bertz CT molecular complexity index is 354. The van der Waals surface area contributed by atoms with Gasteiger partial charge in [-0.3, -0.25) is 0 Å². The second-order valence-corrected chi connectivity index (χ2v) is 8.39. The zero-order valence-electron chi connectivity index (χ0n) is 19.0. The summed E-state index contributed by atoms with van der Waals surface area (Å²) in [7, 11) is 0. The molecular weight excluding hydrogens is 340 g/mol. The second-order valence-electron chi connectivity index (χ2n) is 8.39. The van der Waals surface area contributed by atoms with Gasteiger partial charge in [-0.1, -0.05) is 72.1 Å². The summed E-state index contributed by atoms with van der Waals surface area (Å²) >= 11 is 0. The molecule has 0 amide bonds. The summed E-state index contributed by atoms with van der Waals surface area (Å²) in [5.74, 6) is 0.543. The molecule has 0 bridgehead atoms. The van der Waals surface area contributed by atoms with Gasteiger partial charge in [0.2, 0.25) is 0 Å². The van der Waals surface area contributed by atoms with Crippen LogP contribution in [-0.4, -0.2) is 37.5 Å². The van der Waals surface area contributed by atoms with Crippen LogP contribution in [0.2, 0.25) is 0 Å². The van der Waals surface area contributed by atoms with Gasteiger partial charge in [-0.15, -0.1) is 0 Å². The lowest BCUT2D eigenvalue weighted by Gasteiger charge is -2.23. The lowest BCUT2D eigenvalue weighted by Crippen LogP contribution is -2.37. The smallest absolute Gasteiger partial charge is 0.337 e. The number of rotatable bonds is 18. The molecular formula is C23H46O4. The molecule has 0 saturated heterocycles. The van der Waals surface area contributed by atoms with Gasteiger partial charge in [0.05, 0.1) is 12.7 Å². The van der Waals surface area contributed by atoms with Crippen molar-refractivity contribution in [2.45, 2.75) is 117 Å². The summed E-state index contributed by atoms with van der Waals surface area (Å²) < 4.78 is 16.6. The normalized spacial score (nSPS) is 14.1. The fraction of sp³-hybridized carbons (Fsp3) is 0.957. The van der Waals surface area contributed by atoms with E-state index in [4.69, 9.17) is 14.2 Å². The molecule has 0 fully saturated rings. The van der Waals surface area contributed by atoms with Crippen LogP contribution in [0.25, 0.3) is 0 Å². The monoisotopic (exact) mass is 386 g/mol. The van der Waals surface area contributed by atoms with Gasteiger partial charge in [-0.05, 0) is 39.5 Å². The van der Waals surface area contributed by atoms with Crippen LogP contribution in [0.1, 0.15) is 106 Å². The molecule has 0 spiro atoms. The third kappa shape index (κ3) is 15.0. The molecule has 0 aromatic heterocycles. The number of carbonyl (C=O) groups excluding carboxylic acids is 1. The third-order valence-corrected chi connectivity index (χ3v) is 5.14. The van der Waals surface area contributed by atoms with Crippen LogP contribution in [0.15, 0.2) is 0 Å². The molecule has 0 radical (unpaired) electrons. The van der Waals surface area contributed by atoms with E-state index in [0.29, 0.717) is 13.2 Å². The summed E-state index contributed by atoms with van der Waals surface area (Å²) in [5, 5.41) is 0. The molecule has 0 aliphatic heterocycles. The van der Waals surface area contributed by atoms with Crippen LogP contribution in [0.3, 0.4) is 0 Å². The van der Waals surface area contributed by atoms with Crippen LogP contribution < -0.4 is 0 Å². The zero-order valence-corrected chi connectivity index (χ0v) is 19.0. The highest BCUT2D eigenvalue weighted by Crippen LogP contribution is 2.18. The molecule has 0 aliphatic rings. The molecule has 0 rings (SSSR count). The van der Waals surface area contributed by atoms with Crippen LogP contribution in [0, 0.1) is 5.92 Å². The molecule has 0 saturated carbocycles. The number of unbranched alkanes of at least 4 members (excludes halogenated alkanes) is 5. The molecule has 0 aromatic rings. The molecule has 162 valence electrons. The summed E-state index contributed by atoms with van der Waals surface area (Å²) in [5.41, 5.74) is -0.885. The minimum Gasteiger partial charge on any atom is -0.461 e. The number of ether oxygens (including phenoxy) is 3. The Balaban J connectivity index is 3.66. The maximum atomic E-state index is 12.1. The number of esters is 1. The first-order valence-corrected chi connectivity index (χ1v) is 11.3. The molecule has 2 unspecified atom stereocenters. The average Bonchev–Trinajstić information content (AvgIpc) is 2.64. The van der Waals surface area contributed by atoms with Crippen LogP contribution in [-0.2, 0) is 19.0 Å².